The van der Waals surface area contributed by atoms with Crippen LogP contribution in [0.1, 0.15) is 24.0 Å². The van der Waals surface area contributed by atoms with Crippen LogP contribution in [0.25, 0.3) is 0 Å². The second-order valence-electron chi connectivity index (χ2n) is 4.60. The van der Waals surface area contributed by atoms with E-state index < -0.39 is 0 Å². The highest BCUT2D eigenvalue weighted by molar-refractivity contribution is 5.33. The molecule has 0 aliphatic rings. The molecule has 0 aliphatic carbocycles. The lowest BCUT2D eigenvalue weighted by molar-refractivity contribution is 0.303. The Morgan fingerprint density at radius 3 is 2.78 bits per heavy atom. The van der Waals surface area contributed by atoms with E-state index in [2.05, 4.69) is 35.5 Å². The second kappa shape index (κ2) is 6.24. The number of aromatic nitrogens is 2. The van der Waals surface area contributed by atoms with Crippen LogP contribution in [-0.2, 0) is 6.54 Å². The second-order valence-corrected chi connectivity index (χ2v) is 4.60. The molecular weight excluding hydrogens is 224 g/mol. The molecule has 0 unspecified atom stereocenters. The lowest BCUT2D eigenvalue weighted by Gasteiger charge is -2.08. The first-order valence-corrected chi connectivity index (χ1v) is 6.41. The number of benzene rings is 1. The number of rotatable bonds is 6. The highest BCUT2D eigenvalue weighted by atomic mass is 16.5. The fraction of sp³-hybridized carbons (Fsp3) is 0.400. The molecule has 0 saturated carbocycles. The molecular formula is C15H20N2O. The number of unbranched alkanes of at least 4 members (excludes halogenated alkanes) is 1. The first-order valence-electron chi connectivity index (χ1n) is 6.41. The Bertz CT molecular complexity index is 477. The summed E-state index contributed by atoms with van der Waals surface area (Å²) in [6.07, 6.45) is 7.83. The summed E-state index contributed by atoms with van der Waals surface area (Å²) in [4.78, 5) is 4.02. The molecule has 0 amide bonds. The number of nitrogens with zero attached hydrogens (tertiary/aromatic N) is 2. The molecule has 0 aliphatic heterocycles. The number of imidazole rings is 1. The van der Waals surface area contributed by atoms with Crippen LogP contribution in [0.15, 0.2) is 36.9 Å². The van der Waals surface area contributed by atoms with E-state index in [1.54, 1.807) is 0 Å². The van der Waals surface area contributed by atoms with Gasteiger partial charge in [0.1, 0.15) is 5.75 Å². The van der Waals surface area contributed by atoms with E-state index in [0.29, 0.717) is 0 Å². The maximum absolute atomic E-state index is 5.74. The summed E-state index contributed by atoms with van der Waals surface area (Å²) in [5, 5.41) is 0. The van der Waals surface area contributed by atoms with Gasteiger partial charge < -0.3 is 9.30 Å². The summed E-state index contributed by atoms with van der Waals surface area (Å²) < 4.78 is 7.83. The Morgan fingerprint density at radius 1 is 1.17 bits per heavy atom. The molecule has 1 aromatic carbocycles. The highest BCUT2D eigenvalue weighted by Gasteiger charge is 1.97. The number of hydrogen-bond donors (Lipinski definition) is 0. The van der Waals surface area contributed by atoms with Crippen LogP contribution in [0.2, 0.25) is 0 Å². The third kappa shape index (κ3) is 3.62. The molecule has 96 valence electrons. The Hall–Kier alpha value is -1.77. The quantitative estimate of drug-likeness (QED) is 0.728. The van der Waals surface area contributed by atoms with Gasteiger partial charge in [0.05, 0.1) is 12.9 Å². The standard InChI is InChI=1S/C15H20N2O/c1-13-5-6-15(11-14(13)2)18-10-4-3-8-17-9-7-16-12-17/h5-7,9,11-12H,3-4,8,10H2,1-2H3. The van der Waals surface area contributed by atoms with Crippen molar-refractivity contribution in [1.82, 2.24) is 9.55 Å². The van der Waals surface area contributed by atoms with Gasteiger partial charge in [0.15, 0.2) is 0 Å². The van der Waals surface area contributed by atoms with E-state index in [1.165, 1.54) is 11.1 Å². The van der Waals surface area contributed by atoms with Gasteiger partial charge in [0, 0.05) is 18.9 Å². The van der Waals surface area contributed by atoms with Gasteiger partial charge in [0.2, 0.25) is 0 Å². The number of ether oxygens (including phenoxy) is 1. The van der Waals surface area contributed by atoms with E-state index in [0.717, 1.165) is 31.7 Å². The molecule has 3 heteroatoms. The van der Waals surface area contributed by atoms with E-state index >= 15 is 0 Å². The molecule has 2 rings (SSSR count). The lowest BCUT2D eigenvalue weighted by atomic mass is 10.1. The van der Waals surface area contributed by atoms with Gasteiger partial charge in [-0.05, 0) is 49.9 Å². The minimum absolute atomic E-state index is 0.775. The molecule has 18 heavy (non-hydrogen) atoms. The molecule has 0 spiro atoms. The summed E-state index contributed by atoms with van der Waals surface area (Å²) in [6, 6.07) is 6.25. The molecule has 3 nitrogen and oxygen atoms in total. The molecule has 0 N–H and O–H groups in total. The first kappa shape index (κ1) is 12.7. The van der Waals surface area contributed by atoms with Gasteiger partial charge in [-0.15, -0.1) is 0 Å². The Morgan fingerprint density at radius 2 is 2.06 bits per heavy atom. The third-order valence-corrected chi connectivity index (χ3v) is 3.12. The van der Waals surface area contributed by atoms with E-state index in [9.17, 15) is 0 Å². The molecule has 0 fully saturated rings. The van der Waals surface area contributed by atoms with Gasteiger partial charge in [0.25, 0.3) is 0 Å². The van der Waals surface area contributed by atoms with Gasteiger partial charge in [-0.1, -0.05) is 6.07 Å². The van der Waals surface area contributed by atoms with Crippen molar-refractivity contribution in [1.29, 1.82) is 0 Å². The normalized spacial score (nSPS) is 10.6. The Balaban J connectivity index is 1.67. The van der Waals surface area contributed by atoms with E-state index in [1.807, 2.05) is 24.8 Å². The Kier molecular flexibility index (Phi) is 4.40. The average Bonchev–Trinajstić information content (AvgIpc) is 2.86. The van der Waals surface area contributed by atoms with Crippen molar-refractivity contribution in [3.05, 3.63) is 48.0 Å². The van der Waals surface area contributed by atoms with Gasteiger partial charge in [-0.3, -0.25) is 0 Å². The van der Waals surface area contributed by atoms with Crippen molar-refractivity contribution in [2.24, 2.45) is 0 Å². The zero-order chi connectivity index (χ0) is 12.8. The van der Waals surface area contributed by atoms with Crippen molar-refractivity contribution >= 4 is 0 Å². The van der Waals surface area contributed by atoms with Crippen molar-refractivity contribution in [3.8, 4) is 5.75 Å². The van der Waals surface area contributed by atoms with Gasteiger partial charge in [-0.2, -0.15) is 0 Å². The predicted octanol–water partition coefficient (Wildman–Crippen LogP) is 3.36. The molecule has 0 radical (unpaired) electrons. The van der Waals surface area contributed by atoms with Crippen LogP contribution in [0, 0.1) is 13.8 Å². The van der Waals surface area contributed by atoms with Crippen molar-refractivity contribution in [2.75, 3.05) is 6.61 Å². The molecule has 0 saturated heterocycles. The van der Waals surface area contributed by atoms with Gasteiger partial charge >= 0.3 is 0 Å². The van der Waals surface area contributed by atoms with Crippen molar-refractivity contribution in [3.63, 3.8) is 0 Å². The lowest BCUT2D eigenvalue weighted by Crippen LogP contribution is -2.01. The number of aryl methyl sites for hydroxylation is 3. The summed E-state index contributed by atoms with van der Waals surface area (Å²) in [5.74, 6) is 0.973. The fourth-order valence-corrected chi connectivity index (χ4v) is 1.81. The third-order valence-electron chi connectivity index (χ3n) is 3.12. The summed E-state index contributed by atoms with van der Waals surface area (Å²) in [5.41, 5.74) is 2.59. The summed E-state index contributed by atoms with van der Waals surface area (Å²) >= 11 is 0. The molecule has 0 atom stereocenters. The monoisotopic (exact) mass is 244 g/mol. The van der Waals surface area contributed by atoms with E-state index in [-0.39, 0.29) is 0 Å². The molecule has 1 aromatic heterocycles. The van der Waals surface area contributed by atoms with Crippen molar-refractivity contribution in [2.45, 2.75) is 33.2 Å². The Labute approximate surface area is 108 Å². The topological polar surface area (TPSA) is 27.1 Å². The van der Waals surface area contributed by atoms with Crippen molar-refractivity contribution < 1.29 is 4.74 Å². The smallest absolute Gasteiger partial charge is 0.119 e. The van der Waals surface area contributed by atoms with Crippen LogP contribution < -0.4 is 4.74 Å². The van der Waals surface area contributed by atoms with Crippen LogP contribution in [0.3, 0.4) is 0 Å². The number of hydrogen-bond acceptors (Lipinski definition) is 2. The largest absolute Gasteiger partial charge is 0.494 e. The van der Waals surface area contributed by atoms with Crippen LogP contribution >= 0.6 is 0 Å². The minimum Gasteiger partial charge on any atom is -0.494 e. The molecule has 0 bridgehead atoms. The zero-order valence-corrected chi connectivity index (χ0v) is 11.1. The van der Waals surface area contributed by atoms with Crippen LogP contribution in [-0.4, -0.2) is 16.2 Å². The van der Waals surface area contributed by atoms with Crippen LogP contribution in [0.5, 0.6) is 5.75 Å². The van der Waals surface area contributed by atoms with Gasteiger partial charge in [-0.25, -0.2) is 4.98 Å². The minimum atomic E-state index is 0.775. The average molecular weight is 244 g/mol. The zero-order valence-electron chi connectivity index (χ0n) is 11.1. The highest BCUT2D eigenvalue weighted by Crippen LogP contribution is 2.16. The van der Waals surface area contributed by atoms with Crippen LogP contribution in [0.4, 0.5) is 0 Å². The maximum atomic E-state index is 5.74. The molecule has 2 aromatic rings. The summed E-state index contributed by atoms with van der Waals surface area (Å²) in [7, 11) is 0. The fourth-order valence-electron chi connectivity index (χ4n) is 1.81. The van der Waals surface area contributed by atoms with E-state index in [4.69, 9.17) is 4.74 Å². The predicted molar refractivity (Wildman–Crippen MR) is 72.9 cm³/mol. The SMILES string of the molecule is Cc1ccc(OCCCCn2ccnc2)cc1C. The summed E-state index contributed by atoms with van der Waals surface area (Å²) in [6.45, 7) is 6.01. The molecule has 1 heterocycles. The first-order chi connectivity index (χ1) is 8.75. The maximum Gasteiger partial charge on any atom is 0.119 e.